The number of carbonyl (C=O) groups excluding carboxylic acids is 2. The summed E-state index contributed by atoms with van der Waals surface area (Å²) in [5.74, 6) is 0.669. The van der Waals surface area contributed by atoms with Crippen molar-refractivity contribution < 1.29 is 18.8 Å². The van der Waals surface area contributed by atoms with Gasteiger partial charge < -0.3 is 19.5 Å². The first-order valence-corrected chi connectivity index (χ1v) is 8.57. The molecule has 138 valence electrons. The Balaban J connectivity index is 1.81. The Morgan fingerprint density at radius 1 is 1.42 bits per heavy atom. The first kappa shape index (κ1) is 18.0. The number of ether oxygens (including phenoxy) is 1. The van der Waals surface area contributed by atoms with Crippen LogP contribution < -0.4 is 10.1 Å². The van der Waals surface area contributed by atoms with Crippen LogP contribution in [0.25, 0.3) is 0 Å². The number of nitrogens with one attached hydrogen (secondary N) is 1. The molecule has 1 aliphatic heterocycles. The minimum atomic E-state index is -0.550. The summed E-state index contributed by atoms with van der Waals surface area (Å²) < 4.78 is 10.6. The van der Waals surface area contributed by atoms with Gasteiger partial charge >= 0.3 is 0 Å². The summed E-state index contributed by atoms with van der Waals surface area (Å²) >= 11 is 0. The van der Waals surface area contributed by atoms with Gasteiger partial charge in [0, 0.05) is 25.2 Å². The van der Waals surface area contributed by atoms with Crippen molar-refractivity contribution in [3.8, 4) is 5.75 Å². The highest BCUT2D eigenvalue weighted by Crippen LogP contribution is 2.36. The molecule has 26 heavy (non-hydrogen) atoms. The maximum atomic E-state index is 13.0. The molecule has 1 atom stereocenters. The Kier molecular flexibility index (Phi) is 4.97. The Morgan fingerprint density at radius 2 is 2.19 bits per heavy atom. The summed E-state index contributed by atoms with van der Waals surface area (Å²) in [5.41, 5.74) is 2.27. The third kappa shape index (κ3) is 3.56. The van der Waals surface area contributed by atoms with Gasteiger partial charge in [0.15, 0.2) is 5.76 Å². The number of amides is 2. The Morgan fingerprint density at radius 3 is 2.85 bits per heavy atom. The molecule has 2 aromatic rings. The van der Waals surface area contributed by atoms with Crippen LogP contribution in [0.2, 0.25) is 0 Å². The number of carbonyl (C=O) groups is 2. The van der Waals surface area contributed by atoms with Gasteiger partial charge in [0.25, 0.3) is 0 Å². The lowest BCUT2D eigenvalue weighted by atomic mass is 9.89. The van der Waals surface area contributed by atoms with Gasteiger partial charge in [0.2, 0.25) is 11.8 Å². The van der Waals surface area contributed by atoms with Gasteiger partial charge in [-0.05, 0) is 29.7 Å². The third-order valence-electron chi connectivity index (χ3n) is 4.53. The van der Waals surface area contributed by atoms with Crippen molar-refractivity contribution in [2.45, 2.75) is 38.6 Å². The largest absolute Gasteiger partial charge is 0.497 e. The molecule has 7 nitrogen and oxygen atoms in total. The maximum absolute atomic E-state index is 13.0. The quantitative estimate of drug-likeness (QED) is 0.889. The number of anilines is 1. The molecule has 0 spiro atoms. The zero-order valence-corrected chi connectivity index (χ0v) is 15.4. The standard InChI is InChI=1S/C19H23N3O4/c1-11(2)17-8-13(26-21-17)10-22(3)19(24)15-9-18(23)20-16-6-5-12(25-4)7-14(15)16/h5-8,11,15H,9-10H2,1-4H3,(H,20,23). The molecular formula is C19H23N3O4. The van der Waals surface area contributed by atoms with Crippen molar-refractivity contribution >= 4 is 17.5 Å². The minimum absolute atomic E-state index is 0.108. The zero-order valence-electron chi connectivity index (χ0n) is 15.4. The molecule has 0 bridgehead atoms. The van der Waals surface area contributed by atoms with E-state index in [0.29, 0.717) is 23.7 Å². The van der Waals surface area contributed by atoms with E-state index in [1.807, 2.05) is 19.9 Å². The molecular weight excluding hydrogens is 334 g/mol. The van der Waals surface area contributed by atoms with Crippen molar-refractivity contribution in [2.75, 3.05) is 19.5 Å². The van der Waals surface area contributed by atoms with E-state index in [4.69, 9.17) is 9.26 Å². The number of hydrogen-bond acceptors (Lipinski definition) is 5. The molecule has 0 saturated carbocycles. The van der Waals surface area contributed by atoms with Crippen LogP contribution >= 0.6 is 0 Å². The smallest absolute Gasteiger partial charge is 0.230 e. The topological polar surface area (TPSA) is 84.7 Å². The second kappa shape index (κ2) is 7.19. The number of rotatable bonds is 5. The third-order valence-corrected chi connectivity index (χ3v) is 4.53. The lowest BCUT2D eigenvalue weighted by Crippen LogP contribution is -2.36. The summed E-state index contributed by atoms with van der Waals surface area (Å²) in [6.07, 6.45) is 0.108. The fourth-order valence-corrected chi connectivity index (χ4v) is 3.04. The van der Waals surface area contributed by atoms with E-state index >= 15 is 0 Å². The fourth-order valence-electron chi connectivity index (χ4n) is 3.04. The maximum Gasteiger partial charge on any atom is 0.230 e. The number of likely N-dealkylation sites (N-methyl/N-ethyl adjacent to an activating group) is 1. The Bertz CT molecular complexity index is 828. The Hall–Kier alpha value is -2.83. The van der Waals surface area contributed by atoms with Crippen molar-refractivity contribution in [2.24, 2.45) is 0 Å². The number of benzene rings is 1. The molecule has 7 heteroatoms. The van der Waals surface area contributed by atoms with E-state index in [2.05, 4.69) is 10.5 Å². The molecule has 0 radical (unpaired) electrons. The molecule has 1 N–H and O–H groups in total. The van der Waals surface area contributed by atoms with Crippen molar-refractivity contribution in [3.63, 3.8) is 0 Å². The zero-order chi connectivity index (χ0) is 18.8. The van der Waals surface area contributed by atoms with Crippen LogP contribution in [-0.2, 0) is 16.1 Å². The Labute approximate surface area is 152 Å². The second-order valence-electron chi connectivity index (χ2n) is 6.83. The number of hydrogen-bond donors (Lipinski definition) is 1. The molecule has 1 aliphatic rings. The van der Waals surface area contributed by atoms with Crippen LogP contribution in [0.4, 0.5) is 5.69 Å². The molecule has 0 saturated heterocycles. The first-order valence-electron chi connectivity index (χ1n) is 8.57. The van der Waals surface area contributed by atoms with Crippen molar-refractivity contribution in [3.05, 3.63) is 41.3 Å². The van der Waals surface area contributed by atoms with E-state index in [-0.39, 0.29) is 24.2 Å². The molecule has 1 unspecified atom stereocenters. The van der Waals surface area contributed by atoms with E-state index in [1.165, 1.54) is 0 Å². The van der Waals surface area contributed by atoms with Crippen LogP contribution in [0, 0.1) is 0 Å². The lowest BCUT2D eigenvalue weighted by molar-refractivity contribution is -0.134. The van der Waals surface area contributed by atoms with Crippen molar-refractivity contribution in [1.82, 2.24) is 10.1 Å². The van der Waals surface area contributed by atoms with Gasteiger partial charge in [-0.25, -0.2) is 0 Å². The summed E-state index contributed by atoms with van der Waals surface area (Å²) in [7, 11) is 3.27. The minimum Gasteiger partial charge on any atom is -0.497 e. The van der Waals surface area contributed by atoms with Crippen LogP contribution in [0.15, 0.2) is 28.8 Å². The second-order valence-corrected chi connectivity index (χ2v) is 6.83. The number of nitrogens with zero attached hydrogens (tertiary/aromatic N) is 2. The van der Waals surface area contributed by atoms with Gasteiger partial charge in [0.1, 0.15) is 5.75 Å². The summed E-state index contributed by atoms with van der Waals surface area (Å²) in [4.78, 5) is 26.6. The summed E-state index contributed by atoms with van der Waals surface area (Å²) in [5, 5.41) is 6.82. The molecule has 1 aromatic heterocycles. The molecule has 0 aliphatic carbocycles. The van der Waals surface area contributed by atoms with E-state index in [0.717, 1.165) is 11.3 Å². The van der Waals surface area contributed by atoms with Gasteiger partial charge in [-0.2, -0.15) is 0 Å². The normalized spacial score (nSPS) is 16.2. The molecule has 0 fully saturated rings. The van der Waals surface area contributed by atoms with Gasteiger partial charge in [0.05, 0.1) is 25.3 Å². The average molecular weight is 357 g/mol. The molecule has 3 rings (SSSR count). The van der Waals surface area contributed by atoms with Crippen molar-refractivity contribution in [1.29, 1.82) is 0 Å². The van der Waals surface area contributed by atoms with Crippen LogP contribution in [0.5, 0.6) is 5.75 Å². The molecule has 2 heterocycles. The molecule has 1 aromatic carbocycles. The SMILES string of the molecule is COc1ccc2c(c1)C(C(=O)N(C)Cc1cc(C(C)C)no1)CC(=O)N2. The van der Waals surface area contributed by atoms with E-state index in [1.54, 1.807) is 37.3 Å². The van der Waals surface area contributed by atoms with Crippen LogP contribution in [0.3, 0.4) is 0 Å². The monoisotopic (exact) mass is 357 g/mol. The summed E-state index contributed by atoms with van der Waals surface area (Å²) in [6.45, 7) is 4.36. The summed E-state index contributed by atoms with van der Waals surface area (Å²) in [6, 6.07) is 7.18. The van der Waals surface area contributed by atoms with Crippen LogP contribution in [-0.4, -0.2) is 36.0 Å². The average Bonchev–Trinajstić information content (AvgIpc) is 3.08. The fraction of sp³-hybridized carbons (Fsp3) is 0.421. The highest BCUT2D eigenvalue weighted by molar-refractivity contribution is 6.01. The van der Waals surface area contributed by atoms with E-state index < -0.39 is 5.92 Å². The highest BCUT2D eigenvalue weighted by atomic mass is 16.5. The number of fused-ring (bicyclic) bond motifs is 1. The van der Waals surface area contributed by atoms with Crippen LogP contribution in [0.1, 0.15) is 49.1 Å². The number of methoxy groups -OCH3 is 1. The predicted octanol–water partition coefficient (Wildman–Crippen LogP) is 2.89. The van der Waals surface area contributed by atoms with E-state index in [9.17, 15) is 9.59 Å². The highest BCUT2D eigenvalue weighted by Gasteiger charge is 2.33. The number of aromatic nitrogens is 1. The van der Waals surface area contributed by atoms with Gasteiger partial charge in [-0.3, -0.25) is 9.59 Å². The predicted molar refractivity (Wildman–Crippen MR) is 96.0 cm³/mol. The van der Waals surface area contributed by atoms with Gasteiger partial charge in [-0.1, -0.05) is 19.0 Å². The first-order chi connectivity index (χ1) is 12.4. The van der Waals surface area contributed by atoms with Gasteiger partial charge in [-0.15, -0.1) is 0 Å². The lowest BCUT2D eigenvalue weighted by Gasteiger charge is -2.28. The molecule has 2 amide bonds.